The quantitative estimate of drug-likeness (QED) is 0.396. The first-order chi connectivity index (χ1) is 5.79. The molecule has 0 saturated heterocycles. The van der Waals surface area contributed by atoms with E-state index in [1.165, 1.54) is 0 Å². The van der Waals surface area contributed by atoms with Crippen LogP contribution >= 0.6 is 0 Å². The van der Waals surface area contributed by atoms with E-state index in [1.54, 1.807) is 27.7 Å². The molecule has 0 saturated carbocycles. The van der Waals surface area contributed by atoms with Crippen molar-refractivity contribution >= 4 is 12.4 Å². The van der Waals surface area contributed by atoms with E-state index in [9.17, 15) is 4.79 Å². The summed E-state index contributed by atoms with van der Waals surface area (Å²) in [5.41, 5.74) is 0. The summed E-state index contributed by atoms with van der Waals surface area (Å²) < 4.78 is 0. The van der Waals surface area contributed by atoms with Gasteiger partial charge in [0.05, 0.1) is 0 Å². The van der Waals surface area contributed by atoms with Gasteiger partial charge in [-0.15, -0.1) is 0 Å². The second-order valence-corrected chi connectivity index (χ2v) is 2.34. The molecule has 0 aromatic rings. The summed E-state index contributed by atoms with van der Waals surface area (Å²) in [7, 11) is 0. The average Bonchev–Trinajstić information content (AvgIpc) is 1.87. The van der Waals surface area contributed by atoms with Gasteiger partial charge in [-0.3, -0.25) is 10.7 Å². The molecule has 128 valence electrons. The Morgan fingerprint density at radius 3 is 1.05 bits per heavy atom. The Bertz CT molecular complexity index is 154. The number of aliphatic carboxylic acids is 1. The van der Waals surface area contributed by atoms with E-state index in [4.69, 9.17) is 20.1 Å². The number of rotatable bonds is 1. The summed E-state index contributed by atoms with van der Waals surface area (Å²) in [6.45, 7) is 6.89. The Balaban J connectivity index is -0.00000000338. The second kappa shape index (κ2) is 57.3. The van der Waals surface area contributed by atoms with Crippen LogP contribution < -0.4 is 0 Å². The van der Waals surface area contributed by atoms with Crippen molar-refractivity contribution in [2.45, 2.75) is 27.7 Å². The Hall–Kier alpha value is 3.15. The molecule has 0 fully saturated rings. The summed E-state index contributed by atoms with van der Waals surface area (Å²) in [4.78, 5) is 17.9. The van der Waals surface area contributed by atoms with Gasteiger partial charge in [0, 0.05) is 139 Å². The Morgan fingerprint density at radius 2 is 1.05 bits per heavy atom. The van der Waals surface area contributed by atoms with E-state index < -0.39 is 5.97 Å². The van der Waals surface area contributed by atoms with Crippen molar-refractivity contribution < 1.29 is 170 Å². The topological polar surface area (TPSA) is 126 Å². The molecule has 0 aromatic carbocycles. The van der Waals surface area contributed by atoms with Crippen molar-refractivity contribution in [1.29, 1.82) is 0 Å². The molecular weight excluding hydrogens is 572 g/mol. The van der Waals surface area contributed by atoms with Crippen molar-refractivity contribution in [3.8, 4) is 0 Å². The van der Waals surface area contributed by atoms with E-state index in [1.807, 2.05) is 0 Å². The molecule has 10 heteroatoms. The molecule has 0 bridgehead atoms. The zero-order valence-electron chi connectivity index (χ0n) is 13.0. The first-order valence-corrected chi connectivity index (χ1v) is 3.33. The van der Waals surface area contributed by atoms with Gasteiger partial charge in [0.1, 0.15) is 0 Å². The van der Waals surface area contributed by atoms with Crippen LogP contribution in [0.2, 0.25) is 0 Å². The molecule has 0 rings (SSSR count). The van der Waals surface area contributed by atoms with Crippen LogP contribution in [0.1, 0.15) is 36.3 Å². The number of aliphatic hydroxyl groups is 1. The van der Waals surface area contributed by atoms with Crippen molar-refractivity contribution in [3.05, 3.63) is 26.9 Å². The van der Waals surface area contributed by atoms with Crippen LogP contribution in [0.4, 0.5) is 0 Å². The summed E-state index contributed by atoms with van der Waals surface area (Å²) in [6, 6.07) is 0. The summed E-state index contributed by atoms with van der Waals surface area (Å²) in [5.74, 6) is -0.398. The largest absolute Gasteiger partial charge is 0.665 e. The molecule has 0 aliphatic heterocycles. The number of carboxylic acid groups (broad SMARTS) is 1. The van der Waals surface area contributed by atoms with Crippen molar-refractivity contribution in [1.82, 2.24) is 0 Å². The first kappa shape index (κ1) is 65.7. The SMILES string of the molecule is C[C-](C)C(=O)O.C[C-](C)O.O.O=[C-]O.[CH3-].[CH3-].[HH].[HH].[HH].[HH].[HH].[HH].[Y].[Y].[Y].[Y]. The van der Waals surface area contributed by atoms with Gasteiger partial charge in [-0.1, -0.05) is 6.47 Å². The number of hydrogen-bond acceptors (Lipinski definition) is 3. The molecule has 20 heavy (non-hydrogen) atoms. The van der Waals surface area contributed by atoms with E-state index in [0.717, 1.165) is 0 Å². The number of hydrogen-bond donors (Lipinski definition) is 3. The van der Waals surface area contributed by atoms with Crippen molar-refractivity contribution in [2.24, 2.45) is 0 Å². The van der Waals surface area contributed by atoms with Crippen molar-refractivity contribution in [3.63, 3.8) is 0 Å². The predicted octanol–water partition coefficient (Wildman–Crippen LogP) is 2.77. The Morgan fingerprint density at radius 1 is 1.00 bits per heavy atom. The standard InChI is InChI=1S/C4H7O2.C3H7O.CHO2.2CH3.H2O.4Y.6H2/c1-3(2)4(5)6;1-3(2)4;2-1-3;;;;;;;;;;;;;/h1-2H3,(H,5,6);4H,1-2H3;(H,2,3);2*1H3;1H2;;;;;6*1H/q5*-1;;;;;;;;;;;. The monoisotopic (exact) mass is 607 g/mol. The second-order valence-electron chi connectivity index (χ2n) is 2.34. The molecule has 0 amide bonds. The van der Waals surface area contributed by atoms with Gasteiger partial charge in [0.25, 0.3) is 0 Å². The van der Waals surface area contributed by atoms with Crippen LogP contribution in [0.5, 0.6) is 0 Å². The smallest absolute Gasteiger partial charge is 0.166 e. The number of carboxylic acids is 1. The third kappa shape index (κ3) is 168. The van der Waals surface area contributed by atoms with Crippen LogP contribution in [0, 0.1) is 26.9 Å². The van der Waals surface area contributed by atoms with Crippen LogP contribution in [0.15, 0.2) is 0 Å². The van der Waals surface area contributed by atoms with Gasteiger partial charge < -0.3 is 40.4 Å². The summed E-state index contributed by atoms with van der Waals surface area (Å²) in [5, 5.41) is 22.7. The molecule has 0 spiro atoms. The average molecular weight is 607 g/mol. The van der Waals surface area contributed by atoms with Crippen LogP contribution in [-0.4, -0.2) is 33.2 Å². The maximum Gasteiger partial charge on any atom is 0.166 e. The fourth-order valence-electron chi connectivity index (χ4n) is 0. The minimum Gasteiger partial charge on any atom is -0.665 e. The minimum atomic E-state index is -0.824. The normalized spacial score (nSPS) is 4.70. The third-order valence-electron chi connectivity index (χ3n) is 0.428. The molecule has 0 atom stereocenters. The molecule has 6 nitrogen and oxygen atoms in total. The van der Waals surface area contributed by atoms with Gasteiger partial charge in [-0.2, -0.15) is 27.7 Å². The predicted molar refractivity (Wildman–Crippen MR) is 76.2 cm³/mol. The summed E-state index contributed by atoms with van der Waals surface area (Å²) >= 11 is 0. The fourth-order valence-corrected chi connectivity index (χ4v) is 0. The first-order valence-electron chi connectivity index (χ1n) is 3.33. The molecular formula is C10H35O6Y4-5. The number of carbonyl (C=O) groups is 1. The van der Waals surface area contributed by atoms with Gasteiger partial charge in [-0.05, 0) is 0 Å². The van der Waals surface area contributed by atoms with E-state index in [-0.39, 0.29) is 160 Å². The molecule has 0 heterocycles. The summed E-state index contributed by atoms with van der Waals surface area (Å²) in [6.07, 6.45) is 0.417. The molecule has 5 N–H and O–H groups in total. The van der Waals surface area contributed by atoms with Crippen LogP contribution in [0.3, 0.4) is 0 Å². The molecule has 0 unspecified atom stereocenters. The maximum absolute atomic E-state index is 9.66. The van der Waals surface area contributed by atoms with E-state index in [0.29, 0.717) is 18.5 Å². The van der Waals surface area contributed by atoms with Gasteiger partial charge in [0.2, 0.25) is 0 Å². The van der Waals surface area contributed by atoms with E-state index in [2.05, 4.69) is 0 Å². The zero-order valence-corrected chi connectivity index (χ0v) is 24.3. The van der Waals surface area contributed by atoms with Gasteiger partial charge in [0.15, 0.2) is 5.97 Å². The minimum absolute atomic E-state index is 0. The molecule has 4 radical (unpaired) electrons. The van der Waals surface area contributed by atoms with E-state index >= 15 is 0 Å². The molecule has 0 aromatic heterocycles. The van der Waals surface area contributed by atoms with Crippen molar-refractivity contribution in [2.75, 3.05) is 0 Å². The zero-order chi connectivity index (χ0) is 11.4. The number of aliphatic hydroxyl groups excluding tert-OH is 2. The Labute approximate surface area is 233 Å². The molecule has 0 aliphatic carbocycles. The van der Waals surface area contributed by atoms with Crippen LogP contribution in [0.25, 0.3) is 0 Å². The molecule has 0 aliphatic rings. The van der Waals surface area contributed by atoms with Gasteiger partial charge in [-0.25, -0.2) is 6.10 Å². The third-order valence-corrected chi connectivity index (χ3v) is 0.428. The van der Waals surface area contributed by atoms with Crippen LogP contribution in [-0.2, 0) is 140 Å². The fraction of sp³-hybridized carbons (Fsp3) is 0.400. The van der Waals surface area contributed by atoms with Gasteiger partial charge >= 0.3 is 0 Å². The Kier molecular flexibility index (Phi) is 188. The maximum atomic E-state index is 9.66.